The molecule has 3 nitrogen and oxygen atoms in total. The van der Waals surface area contributed by atoms with E-state index in [1.54, 1.807) is 24.5 Å². The highest BCUT2D eigenvalue weighted by molar-refractivity contribution is 5.80. The van der Waals surface area contributed by atoms with Gasteiger partial charge < -0.3 is 0 Å². The molecule has 0 saturated carbocycles. The molecule has 0 unspecified atom stereocenters. The Bertz CT molecular complexity index is 451. The van der Waals surface area contributed by atoms with Crippen LogP contribution in [0.25, 0.3) is 11.0 Å². The highest BCUT2D eigenvalue weighted by atomic mass is 14.8. The number of aromatic nitrogens is 2. The lowest BCUT2D eigenvalue weighted by molar-refractivity contribution is 1.28. The van der Waals surface area contributed by atoms with E-state index in [-0.39, 0.29) is 0 Å². The van der Waals surface area contributed by atoms with E-state index in [9.17, 15) is 0 Å². The number of hydrogen-bond acceptors (Lipinski definition) is 3. The van der Waals surface area contributed by atoms with Crippen molar-refractivity contribution in [2.75, 3.05) is 0 Å². The lowest BCUT2D eigenvalue weighted by atomic mass is 10.2. The van der Waals surface area contributed by atoms with Crippen molar-refractivity contribution >= 4 is 11.0 Å². The normalized spacial score (nSPS) is 9.58. The van der Waals surface area contributed by atoms with Crippen molar-refractivity contribution < 1.29 is 0 Å². The molecule has 0 aliphatic heterocycles. The van der Waals surface area contributed by atoms with Gasteiger partial charge in [-0.25, -0.2) is 9.97 Å². The quantitative estimate of drug-likeness (QED) is 0.579. The molecule has 3 heteroatoms. The summed E-state index contributed by atoms with van der Waals surface area (Å²) >= 11 is 0. The standard InChI is InChI=1S/C9H5N3/c10-6-7-3-5-12-9-8(7)2-1-4-11-9/h1-5H. The highest BCUT2D eigenvalue weighted by Gasteiger charge is 1.98. The van der Waals surface area contributed by atoms with Crippen molar-refractivity contribution in [2.45, 2.75) is 0 Å². The van der Waals surface area contributed by atoms with Crippen LogP contribution in [-0.2, 0) is 0 Å². The highest BCUT2D eigenvalue weighted by Crippen LogP contribution is 2.11. The summed E-state index contributed by atoms with van der Waals surface area (Å²) in [5.41, 5.74) is 1.24. The van der Waals surface area contributed by atoms with Gasteiger partial charge in [0.1, 0.15) is 0 Å². The summed E-state index contributed by atoms with van der Waals surface area (Å²) in [5.74, 6) is 0. The zero-order valence-electron chi connectivity index (χ0n) is 6.23. The summed E-state index contributed by atoms with van der Waals surface area (Å²) in [6, 6.07) is 7.41. The largest absolute Gasteiger partial charge is 0.237 e. The molecule has 0 amide bonds. The zero-order chi connectivity index (χ0) is 8.39. The summed E-state index contributed by atoms with van der Waals surface area (Å²) < 4.78 is 0. The molecule has 0 N–H and O–H groups in total. The number of hydrogen-bond donors (Lipinski definition) is 0. The molecular formula is C9H5N3. The van der Waals surface area contributed by atoms with E-state index in [4.69, 9.17) is 5.26 Å². The third-order valence-corrected chi connectivity index (χ3v) is 1.64. The van der Waals surface area contributed by atoms with E-state index >= 15 is 0 Å². The van der Waals surface area contributed by atoms with Gasteiger partial charge in [-0.1, -0.05) is 0 Å². The van der Waals surface area contributed by atoms with Gasteiger partial charge in [0.05, 0.1) is 11.6 Å². The number of rotatable bonds is 0. The van der Waals surface area contributed by atoms with Crippen LogP contribution in [0.15, 0.2) is 30.6 Å². The Kier molecular flexibility index (Phi) is 1.45. The van der Waals surface area contributed by atoms with Gasteiger partial charge >= 0.3 is 0 Å². The maximum atomic E-state index is 8.73. The van der Waals surface area contributed by atoms with Crippen LogP contribution >= 0.6 is 0 Å². The molecule has 2 aromatic rings. The van der Waals surface area contributed by atoms with Crippen molar-refractivity contribution in [1.82, 2.24) is 9.97 Å². The molecule has 0 atom stereocenters. The molecule has 0 fully saturated rings. The summed E-state index contributed by atoms with van der Waals surface area (Å²) in [4.78, 5) is 8.06. The predicted octanol–water partition coefficient (Wildman–Crippen LogP) is 1.50. The first-order chi connectivity index (χ1) is 5.92. The van der Waals surface area contributed by atoms with Gasteiger partial charge in [-0.3, -0.25) is 0 Å². The summed E-state index contributed by atoms with van der Waals surface area (Å²) in [6.45, 7) is 0. The van der Waals surface area contributed by atoms with Crippen LogP contribution in [0.4, 0.5) is 0 Å². The molecule has 0 bridgehead atoms. The molecule has 0 aromatic carbocycles. The third kappa shape index (κ3) is 0.903. The molecule has 2 rings (SSSR count). The lowest BCUT2D eigenvalue weighted by Crippen LogP contribution is -1.84. The van der Waals surface area contributed by atoms with E-state index in [2.05, 4.69) is 16.0 Å². The second-order valence-electron chi connectivity index (χ2n) is 2.34. The molecule has 0 aliphatic carbocycles. The second-order valence-corrected chi connectivity index (χ2v) is 2.34. The number of fused-ring (bicyclic) bond motifs is 1. The molecule has 2 aromatic heterocycles. The van der Waals surface area contributed by atoms with Gasteiger partial charge in [-0.05, 0) is 18.2 Å². The van der Waals surface area contributed by atoms with Crippen LogP contribution in [0.5, 0.6) is 0 Å². The van der Waals surface area contributed by atoms with Gasteiger partial charge in [0, 0.05) is 17.8 Å². The maximum absolute atomic E-state index is 8.73. The fourth-order valence-electron chi connectivity index (χ4n) is 1.08. The van der Waals surface area contributed by atoms with E-state index < -0.39 is 0 Å². The minimum atomic E-state index is 0.619. The number of nitrogens with zero attached hydrogens (tertiary/aromatic N) is 3. The average Bonchev–Trinajstić information content (AvgIpc) is 2.17. The van der Waals surface area contributed by atoms with Crippen molar-refractivity contribution in [2.24, 2.45) is 0 Å². The fraction of sp³-hybridized carbons (Fsp3) is 0. The predicted molar refractivity (Wildman–Crippen MR) is 44.3 cm³/mol. The fourth-order valence-corrected chi connectivity index (χ4v) is 1.08. The van der Waals surface area contributed by atoms with E-state index in [1.807, 2.05) is 6.07 Å². The first-order valence-corrected chi connectivity index (χ1v) is 3.51. The van der Waals surface area contributed by atoms with Crippen LogP contribution < -0.4 is 0 Å². The molecule has 12 heavy (non-hydrogen) atoms. The third-order valence-electron chi connectivity index (χ3n) is 1.64. The van der Waals surface area contributed by atoms with E-state index in [0.717, 1.165) is 5.39 Å². The second kappa shape index (κ2) is 2.59. The van der Waals surface area contributed by atoms with Crippen molar-refractivity contribution in [3.8, 4) is 6.07 Å². The van der Waals surface area contributed by atoms with Crippen LogP contribution in [0.2, 0.25) is 0 Å². The van der Waals surface area contributed by atoms with Gasteiger partial charge in [-0.2, -0.15) is 5.26 Å². The Morgan fingerprint density at radius 1 is 1.17 bits per heavy atom. The maximum Gasteiger partial charge on any atom is 0.160 e. The summed E-state index contributed by atoms with van der Waals surface area (Å²) in [7, 11) is 0. The van der Waals surface area contributed by atoms with Gasteiger partial charge in [0.25, 0.3) is 0 Å². The monoisotopic (exact) mass is 155 g/mol. The van der Waals surface area contributed by atoms with Crippen LogP contribution in [0.3, 0.4) is 0 Å². The molecule has 56 valence electrons. The summed E-state index contributed by atoms with van der Waals surface area (Å²) in [6.07, 6.45) is 3.25. The molecule has 2 heterocycles. The minimum Gasteiger partial charge on any atom is -0.237 e. The zero-order valence-corrected chi connectivity index (χ0v) is 6.23. The Labute approximate surface area is 69.3 Å². The van der Waals surface area contributed by atoms with Crippen LogP contribution in [0, 0.1) is 11.3 Å². The average molecular weight is 155 g/mol. The topological polar surface area (TPSA) is 49.6 Å². The Morgan fingerprint density at radius 3 is 2.83 bits per heavy atom. The first kappa shape index (κ1) is 6.74. The molecule has 0 spiro atoms. The van der Waals surface area contributed by atoms with Crippen molar-refractivity contribution in [3.63, 3.8) is 0 Å². The summed E-state index contributed by atoms with van der Waals surface area (Å²) in [5, 5.41) is 9.54. The first-order valence-electron chi connectivity index (χ1n) is 3.51. The van der Waals surface area contributed by atoms with Gasteiger partial charge in [-0.15, -0.1) is 0 Å². The Balaban J connectivity index is 2.91. The molecular weight excluding hydrogens is 150 g/mol. The number of pyridine rings is 2. The lowest BCUT2D eigenvalue weighted by Gasteiger charge is -1.95. The Morgan fingerprint density at radius 2 is 2.00 bits per heavy atom. The van der Waals surface area contributed by atoms with Gasteiger partial charge in [0.15, 0.2) is 5.65 Å². The van der Waals surface area contributed by atoms with Crippen molar-refractivity contribution in [1.29, 1.82) is 5.26 Å². The van der Waals surface area contributed by atoms with Crippen LogP contribution in [0.1, 0.15) is 5.56 Å². The van der Waals surface area contributed by atoms with Crippen molar-refractivity contribution in [3.05, 3.63) is 36.2 Å². The minimum absolute atomic E-state index is 0.619. The molecule has 0 aliphatic rings. The number of nitriles is 1. The smallest absolute Gasteiger partial charge is 0.160 e. The van der Waals surface area contributed by atoms with Crippen LogP contribution in [-0.4, -0.2) is 9.97 Å². The SMILES string of the molecule is N#Cc1ccnc2ncccc12. The molecule has 0 radical (unpaired) electrons. The van der Waals surface area contributed by atoms with Gasteiger partial charge in [0.2, 0.25) is 0 Å². The Hall–Kier alpha value is -1.95. The molecule has 0 saturated heterocycles. The van der Waals surface area contributed by atoms with E-state index in [1.165, 1.54) is 0 Å². The van der Waals surface area contributed by atoms with E-state index in [0.29, 0.717) is 11.2 Å².